The van der Waals surface area contributed by atoms with E-state index >= 15 is 0 Å². The molecule has 0 atom stereocenters. The fraction of sp³-hybridized carbons (Fsp3) is 0.133. The maximum atomic E-state index is 12.0. The van der Waals surface area contributed by atoms with Crippen molar-refractivity contribution in [3.63, 3.8) is 0 Å². The second-order valence-corrected chi connectivity index (χ2v) is 5.09. The molecule has 0 fully saturated rings. The van der Waals surface area contributed by atoms with Gasteiger partial charge in [-0.05, 0) is 59.6 Å². The normalized spacial score (nSPS) is 11.1. The van der Waals surface area contributed by atoms with Crippen molar-refractivity contribution in [1.29, 1.82) is 0 Å². The highest BCUT2D eigenvalue weighted by Crippen LogP contribution is 2.25. The molecule has 0 saturated heterocycles. The fourth-order valence-electron chi connectivity index (χ4n) is 1.76. The summed E-state index contributed by atoms with van der Waals surface area (Å²) in [5, 5.41) is 9.39. The molecule has 19 heavy (non-hydrogen) atoms. The summed E-state index contributed by atoms with van der Waals surface area (Å²) in [6.45, 7) is 3.58. The Hall–Kier alpha value is -1.81. The Balaban J connectivity index is 2.20. The van der Waals surface area contributed by atoms with Crippen LogP contribution in [0, 0.1) is 13.8 Å². The number of rotatable bonds is 3. The number of ketones is 1. The van der Waals surface area contributed by atoms with Crippen molar-refractivity contribution in [3.8, 4) is 5.75 Å². The zero-order valence-electron chi connectivity index (χ0n) is 10.6. The van der Waals surface area contributed by atoms with Gasteiger partial charge in [0.15, 0.2) is 5.78 Å². The summed E-state index contributed by atoms with van der Waals surface area (Å²) in [5.41, 5.74) is 1.41. The van der Waals surface area contributed by atoms with Crippen LogP contribution in [0.25, 0.3) is 6.08 Å². The van der Waals surface area contributed by atoms with E-state index in [0.717, 1.165) is 11.3 Å². The Morgan fingerprint density at radius 2 is 2.05 bits per heavy atom. The van der Waals surface area contributed by atoms with Crippen molar-refractivity contribution in [1.82, 2.24) is 0 Å². The minimum absolute atomic E-state index is 0.0986. The molecule has 0 amide bonds. The first-order valence-corrected chi connectivity index (χ1v) is 6.54. The van der Waals surface area contributed by atoms with Gasteiger partial charge < -0.3 is 9.52 Å². The van der Waals surface area contributed by atoms with Gasteiger partial charge in [-0.1, -0.05) is 12.1 Å². The van der Waals surface area contributed by atoms with Gasteiger partial charge in [0, 0.05) is 0 Å². The fourth-order valence-corrected chi connectivity index (χ4v) is 2.16. The minimum atomic E-state index is -0.0986. The van der Waals surface area contributed by atoms with E-state index in [1.807, 2.05) is 6.92 Å². The summed E-state index contributed by atoms with van der Waals surface area (Å²) in [6, 6.07) is 6.78. The first-order chi connectivity index (χ1) is 8.97. The average molecular weight is 321 g/mol. The summed E-state index contributed by atoms with van der Waals surface area (Å²) in [7, 11) is 0. The van der Waals surface area contributed by atoms with Crippen molar-refractivity contribution in [2.45, 2.75) is 13.8 Å². The maximum absolute atomic E-state index is 12.0. The Labute approximate surface area is 119 Å². The third kappa shape index (κ3) is 3.15. The predicted molar refractivity (Wildman–Crippen MR) is 77.4 cm³/mol. The van der Waals surface area contributed by atoms with Crippen LogP contribution < -0.4 is 0 Å². The van der Waals surface area contributed by atoms with Crippen LogP contribution in [0.5, 0.6) is 5.75 Å². The third-order valence-electron chi connectivity index (χ3n) is 2.71. The quantitative estimate of drug-likeness (QED) is 0.679. The molecular weight excluding hydrogens is 308 g/mol. The number of phenols is 1. The molecule has 2 aromatic rings. The monoisotopic (exact) mass is 320 g/mol. The van der Waals surface area contributed by atoms with E-state index < -0.39 is 0 Å². The molecule has 4 heteroatoms. The number of allylic oxidation sites excluding steroid dienone is 1. The second kappa shape index (κ2) is 5.45. The molecule has 1 heterocycles. The lowest BCUT2D eigenvalue weighted by molar-refractivity contribution is 0.104. The van der Waals surface area contributed by atoms with E-state index in [0.29, 0.717) is 15.8 Å². The van der Waals surface area contributed by atoms with Crippen molar-refractivity contribution in [2.75, 3.05) is 0 Å². The number of carbonyl (C=O) groups excluding carboxylic acids is 1. The Kier molecular flexibility index (Phi) is 3.90. The van der Waals surface area contributed by atoms with Crippen molar-refractivity contribution in [2.24, 2.45) is 0 Å². The minimum Gasteiger partial charge on any atom is -0.507 e. The van der Waals surface area contributed by atoms with Crippen LogP contribution in [-0.2, 0) is 0 Å². The Morgan fingerprint density at radius 3 is 2.63 bits per heavy atom. The number of benzene rings is 1. The highest BCUT2D eigenvalue weighted by molar-refractivity contribution is 9.10. The van der Waals surface area contributed by atoms with E-state index in [4.69, 9.17) is 4.42 Å². The molecule has 1 N–H and O–H groups in total. The molecule has 2 rings (SSSR count). The molecule has 3 nitrogen and oxygen atoms in total. The third-order valence-corrected chi connectivity index (χ3v) is 3.34. The molecule has 0 radical (unpaired) electrons. The largest absolute Gasteiger partial charge is 0.507 e. The molecule has 0 aliphatic heterocycles. The second-order valence-electron chi connectivity index (χ2n) is 4.24. The number of phenolic OH excluding ortho intramolecular Hbond substituents is 1. The van der Waals surface area contributed by atoms with Gasteiger partial charge in [-0.15, -0.1) is 0 Å². The van der Waals surface area contributed by atoms with Gasteiger partial charge in [-0.2, -0.15) is 0 Å². The Morgan fingerprint density at radius 1 is 1.32 bits per heavy atom. The molecule has 0 saturated carbocycles. The van der Waals surface area contributed by atoms with E-state index in [-0.39, 0.29) is 11.5 Å². The number of aromatic hydroxyl groups is 1. The Bertz CT molecular complexity index is 653. The van der Waals surface area contributed by atoms with Crippen LogP contribution in [0.3, 0.4) is 0 Å². The molecule has 0 unspecified atom stereocenters. The van der Waals surface area contributed by atoms with Gasteiger partial charge in [-0.25, -0.2) is 0 Å². The number of carbonyl (C=O) groups is 1. The summed E-state index contributed by atoms with van der Waals surface area (Å²) >= 11 is 3.23. The zero-order valence-corrected chi connectivity index (χ0v) is 12.2. The lowest BCUT2D eigenvalue weighted by atomic mass is 10.1. The van der Waals surface area contributed by atoms with E-state index in [1.165, 1.54) is 6.08 Å². The van der Waals surface area contributed by atoms with Crippen LogP contribution in [0.1, 0.15) is 27.4 Å². The number of aryl methyl sites for hydroxylation is 2. The molecule has 1 aromatic carbocycles. The summed E-state index contributed by atoms with van der Waals surface area (Å²) in [4.78, 5) is 12.0. The van der Waals surface area contributed by atoms with Crippen LogP contribution in [0.2, 0.25) is 0 Å². The van der Waals surface area contributed by atoms with Crippen LogP contribution in [0.4, 0.5) is 0 Å². The highest BCUT2D eigenvalue weighted by Gasteiger charge is 2.10. The van der Waals surface area contributed by atoms with Crippen LogP contribution in [-0.4, -0.2) is 10.9 Å². The van der Waals surface area contributed by atoms with Crippen molar-refractivity contribution >= 4 is 27.8 Å². The van der Waals surface area contributed by atoms with Gasteiger partial charge in [0.1, 0.15) is 17.3 Å². The first kappa shape index (κ1) is 13.6. The number of hydrogen-bond donors (Lipinski definition) is 1. The van der Waals surface area contributed by atoms with Gasteiger partial charge in [0.25, 0.3) is 0 Å². The van der Waals surface area contributed by atoms with E-state index in [1.54, 1.807) is 37.3 Å². The lowest BCUT2D eigenvalue weighted by Gasteiger charge is -1.98. The van der Waals surface area contributed by atoms with Crippen LogP contribution in [0.15, 0.2) is 39.2 Å². The molecule has 0 aliphatic rings. The standard InChI is InChI=1S/C15H13BrO3/c1-9-7-12(10(2)19-9)14(17)5-3-11-4-6-15(18)13(16)8-11/h3-8,18H,1-2H3/b5-3+. The predicted octanol–water partition coefficient (Wildman–Crippen LogP) is 4.26. The van der Waals surface area contributed by atoms with Gasteiger partial charge in [-0.3, -0.25) is 4.79 Å². The SMILES string of the molecule is Cc1cc(C(=O)/C=C/c2ccc(O)c(Br)c2)c(C)o1. The molecular formula is C15H13BrO3. The summed E-state index contributed by atoms with van der Waals surface area (Å²) in [5.74, 6) is 1.42. The number of halogens is 1. The van der Waals surface area contributed by atoms with Crippen molar-refractivity contribution < 1.29 is 14.3 Å². The zero-order chi connectivity index (χ0) is 14.0. The lowest BCUT2D eigenvalue weighted by Crippen LogP contribution is -1.93. The van der Waals surface area contributed by atoms with E-state index in [2.05, 4.69) is 15.9 Å². The van der Waals surface area contributed by atoms with Crippen LogP contribution >= 0.6 is 15.9 Å². The summed E-state index contributed by atoms with van der Waals surface area (Å²) in [6.07, 6.45) is 3.20. The van der Waals surface area contributed by atoms with E-state index in [9.17, 15) is 9.90 Å². The summed E-state index contributed by atoms with van der Waals surface area (Å²) < 4.78 is 5.92. The number of furan rings is 1. The highest BCUT2D eigenvalue weighted by atomic mass is 79.9. The molecule has 0 aliphatic carbocycles. The topological polar surface area (TPSA) is 50.4 Å². The van der Waals surface area contributed by atoms with Crippen molar-refractivity contribution in [3.05, 3.63) is 57.5 Å². The average Bonchev–Trinajstić information content (AvgIpc) is 2.70. The number of hydrogen-bond acceptors (Lipinski definition) is 3. The molecule has 1 aromatic heterocycles. The maximum Gasteiger partial charge on any atom is 0.189 e. The molecule has 0 spiro atoms. The molecule has 98 valence electrons. The van der Waals surface area contributed by atoms with Gasteiger partial charge in [0.05, 0.1) is 10.0 Å². The molecule has 0 bridgehead atoms. The van der Waals surface area contributed by atoms with Gasteiger partial charge >= 0.3 is 0 Å². The first-order valence-electron chi connectivity index (χ1n) is 5.75. The van der Waals surface area contributed by atoms with Gasteiger partial charge in [0.2, 0.25) is 0 Å². The smallest absolute Gasteiger partial charge is 0.189 e.